The van der Waals surface area contributed by atoms with E-state index in [9.17, 15) is 8.42 Å². The lowest BCUT2D eigenvalue weighted by atomic mass is 10.1. The Morgan fingerprint density at radius 1 is 0.812 bits per heavy atom. The van der Waals surface area contributed by atoms with E-state index in [4.69, 9.17) is 9.47 Å². The van der Waals surface area contributed by atoms with Gasteiger partial charge in [-0.3, -0.25) is 0 Å². The van der Waals surface area contributed by atoms with Crippen LogP contribution in [0.5, 0.6) is 11.5 Å². The maximum Gasteiger partial charge on any atom is 0.243 e. The number of benzene rings is 2. The van der Waals surface area contributed by atoms with Crippen molar-refractivity contribution < 1.29 is 17.9 Å². The van der Waals surface area contributed by atoms with Crippen LogP contribution in [-0.2, 0) is 10.0 Å². The summed E-state index contributed by atoms with van der Waals surface area (Å²) in [5.41, 5.74) is 3.53. The number of fused-ring (bicyclic) bond motifs is 1. The molecule has 0 saturated carbocycles. The highest BCUT2D eigenvalue weighted by Gasteiger charge is 2.29. The number of rotatable bonds is 4. The quantitative estimate of drug-likeness (QED) is 0.602. The molecule has 0 N–H and O–H groups in total. The van der Waals surface area contributed by atoms with E-state index in [0.717, 1.165) is 34.0 Å². The van der Waals surface area contributed by atoms with Crippen molar-refractivity contribution in [3.8, 4) is 22.8 Å². The third-order valence-corrected chi connectivity index (χ3v) is 7.59. The summed E-state index contributed by atoms with van der Waals surface area (Å²) in [5.74, 6) is 2.17. The minimum atomic E-state index is -3.51. The lowest BCUT2D eigenvalue weighted by Gasteiger charge is -2.34. The lowest BCUT2D eigenvalue weighted by molar-refractivity contribution is 0.174. The zero-order valence-electron chi connectivity index (χ0n) is 18.0. The predicted molar refractivity (Wildman–Crippen MR) is 120 cm³/mol. The van der Waals surface area contributed by atoms with Crippen LogP contribution in [0.15, 0.2) is 53.4 Å². The van der Waals surface area contributed by atoms with Crippen LogP contribution in [0.4, 0.5) is 5.82 Å². The number of anilines is 1. The van der Waals surface area contributed by atoms with Crippen LogP contribution in [0.25, 0.3) is 11.3 Å². The van der Waals surface area contributed by atoms with Crippen LogP contribution < -0.4 is 14.4 Å². The van der Waals surface area contributed by atoms with Crippen LogP contribution >= 0.6 is 0 Å². The fourth-order valence-electron chi connectivity index (χ4n) is 4.09. The van der Waals surface area contributed by atoms with Crippen LogP contribution in [0.2, 0.25) is 0 Å². The first-order valence-electron chi connectivity index (χ1n) is 10.5. The Hall–Kier alpha value is -3.17. The monoisotopic (exact) mass is 452 g/mol. The molecule has 0 atom stereocenters. The summed E-state index contributed by atoms with van der Waals surface area (Å²) in [6.45, 7) is 5.98. The summed E-state index contributed by atoms with van der Waals surface area (Å²) in [5, 5.41) is 8.74. The second-order valence-electron chi connectivity index (χ2n) is 8.06. The van der Waals surface area contributed by atoms with Crippen LogP contribution in [0.1, 0.15) is 11.1 Å². The molecule has 3 heterocycles. The molecular weight excluding hydrogens is 428 g/mol. The van der Waals surface area contributed by atoms with Crippen LogP contribution in [0.3, 0.4) is 0 Å². The molecule has 0 spiro atoms. The summed E-state index contributed by atoms with van der Waals surface area (Å²) in [6.07, 6.45) is 0. The average molecular weight is 453 g/mol. The molecule has 0 bridgehead atoms. The van der Waals surface area contributed by atoms with Crippen molar-refractivity contribution in [1.29, 1.82) is 0 Å². The maximum atomic E-state index is 13.1. The van der Waals surface area contributed by atoms with Crippen molar-refractivity contribution in [2.24, 2.45) is 0 Å². The van der Waals surface area contributed by atoms with Gasteiger partial charge < -0.3 is 14.4 Å². The van der Waals surface area contributed by atoms with Gasteiger partial charge in [0.2, 0.25) is 16.8 Å². The summed E-state index contributed by atoms with van der Waals surface area (Å²) in [6, 6.07) is 14.9. The average Bonchev–Trinajstić information content (AvgIpc) is 3.27. The van der Waals surface area contributed by atoms with Crippen molar-refractivity contribution in [3.63, 3.8) is 0 Å². The van der Waals surface area contributed by atoms with E-state index in [0.29, 0.717) is 36.8 Å². The van der Waals surface area contributed by atoms with Gasteiger partial charge in [-0.05, 0) is 67.4 Å². The Balaban J connectivity index is 1.27. The van der Waals surface area contributed by atoms with Crippen LogP contribution in [0, 0.1) is 13.8 Å². The molecule has 166 valence electrons. The molecule has 5 rings (SSSR count). The van der Waals surface area contributed by atoms with Crippen molar-refractivity contribution in [2.45, 2.75) is 18.7 Å². The molecule has 0 radical (unpaired) electrons. The molecule has 9 heteroatoms. The first-order chi connectivity index (χ1) is 15.4. The molecule has 0 unspecified atom stereocenters. The Bertz CT molecular complexity index is 1230. The second kappa shape index (κ2) is 8.07. The molecule has 0 amide bonds. The molecule has 2 aromatic carbocycles. The Kier molecular flexibility index (Phi) is 5.22. The van der Waals surface area contributed by atoms with E-state index in [-0.39, 0.29) is 6.79 Å². The van der Waals surface area contributed by atoms with Gasteiger partial charge in [0.25, 0.3) is 0 Å². The highest BCUT2D eigenvalue weighted by molar-refractivity contribution is 7.89. The van der Waals surface area contributed by atoms with Gasteiger partial charge in [-0.15, -0.1) is 10.2 Å². The molecule has 1 aromatic heterocycles. The number of aryl methyl sites for hydroxylation is 2. The number of hydrogen-bond acceptors (Lipinski definition) is 7. The molecule has 1 saturated heterocycles. The van der Waals surface area contributed by atoms with E-state index in [1.807, 2.05) is 50.2 Å². The predicted octanol–water partition coefficient (Wildman–Crippen LogP) is 3.00. The smallest absolute Gasteiger partial charge is 0.243 e. The SMILES string of the molecule is Cc1cc(C)cc(S(=O)(=O)N2CCN(c3ccc(-c4ccc5c(c4)OCO5)nn3)CC2)c1. The summed E-state index contributed by atoms with van der Waals surface area (Å²) < 4.78 is 38.5. The molecular formula is C23H24N4O4S. The van der Waals surface area contributed by atoms with E-state index in [1.54, 1.807) is 16.4 Å². The van der Waals surface area contributed by atoms with Gasteiger partial charge in [-0.25, -0.2) is 8.42 Å². The normalized spacial score (nSPS) is 16.4. The Morgan fingerprint density at radius 2 is 1.53 bits per heavy atom. The molecule has 2 aliphatic rings. The molecule has 0 aliphatic carbocycles. The standard InChI is InChI=1S/C23H24N4O4S/c1-16-11-17(2)13-19(12-16)32(28,29)27-9-7-26(8-10-27)23-6-4-20(24-25-23)18-3-5-21-22(14-18)31-15-30-21/h3-6,11-14H,7-10,15H2,1-2H3. The molecule has 1 fully saturated rings. The van der Waals surface area contributed by atoms with Gasteiger partial charge in [0.15, 0.2) is 17.3 Å². The van der Waals surface area contributed by atoms with Gasteiger partial charge in [0.1, 0.15) is 0 Å². The first kappa shape index (κ1) is 20.7. The fraction of sp³-hybridized carbons (Fsp3) is 0.304. The van der Waals surface area contributed by atoms with Crippen molar-refractivity contribution in [3.05, 3.63) is 59.7 Å². The molecule has 8 nitrogen and oxygen atoms in total. The minimum absolute atomic E-state index is 0.231. The van der Waals surface area contributed by atoms with Gasteiger partial charge in [-0.1, -0.05) is 6.07 Å². The minimum Gasteiger partial charge on any atom is -0.454 e. The first-order valence-corrected chi connectivity index (χ1v) is 11.9. The zero-order valence-corrected chi connectivity index (χ0v) is 18.8. The van der Waals surface area contributed by atoms with Crippen molar-refractivity contribution >= 4 is 15.8 Å². The number of sulfonamides is 1. The molecule has 32 heavy (non-hydrogen) atoms. The molecule has 2 aliphatic heterocycles. The molecule has 3 aromatic rings. The number of nitrogens with zero attached hydrogens (tertiary/aromatic N) is 4. The van der Waals surface area contributed by atoms with Gasteiger partial charge >= 0.3 is 0 Å². The summed E-state index contributed by atoms with van der Waals surface area (Å²) in [7, 11) is -3.51. The van der Waals surface area contributed by atoms with Gasteiger partial charge in [0, 0.05) is 31.7 Å². The highest BCUT2D eigenvalue weighted by Crippen LogP contribution is 2.35. The van der Waals surface area contributed by atoms with E-state index < -0.39 is 10.0 Å². The highest BCUT2D eigenvalue weighted by atomic mass is 32.2. The lowest BCUT2D eigenvalue weighted by Crippen LogP contribution is -2.49. The number of ether oxygens (including phenoxy) is 2. The van der Waals surface area contributed by atoms with Gasteiger partial charge in [0.05, 0.1) is 10.6 Å². The summed E-state index contributed by atoms with van der Waals surface area (Å²) in [4.78, 5) is 2.42. The second-order valence-corrected chi connectivity index (χ2v) is 10.00. The third-order valence-electron chi connectivity index (χ3n) is 5.71. The largest absolute Gasteiger partial charge is 0.454 e. The van der Waals surface area contributed by atoms with E-state index in [1.165, 1.54) is 0 Å². The van der Waals surface area contributed by atoms with E-state index >= 15 is 0 Å². The number of piperazine rings is 1. The third kappa shape index (κ3) is 3.89. The van der Waals surface area contributed by atoms with Crippen molar-refractivity contribution in [2.75, 3.05) is 37.9 Å². The van der Waals surface area contributed by atoms with Crippen LogP contribution in [-0.4, -0.2) is 55.9 Å². The topological polar surface area (TPSA) is 84.9 Å². The summed E-state index contributed by atoms with van der Waals surface area (Å²) >= 11 is 0. The maximum absolute atomic E-state index is 13.1. The number of aromatic nitrogens is 2. The van der Waals surface area contributed by atoms with E-state index in [2.05, 4.69) is 15.1 Å². The Morgan fingerprint density at radius 3 is 2.22 bits per heavy atom. The fourth-order valence-corrected chi connectivity index (χ4v) is 5.70. The zero-order chi connectivity index (χ0) is 22.3. The Labute approximate surface area is 187 Å². The van der Waals surface area contributed by atoms with Gasteiger partial charge in [-0.2, -0.15) is 4.31 Å². The number of hydrogen-bond donors (Lipinski definition) is 0. The van der Waals surface area contributed by atoms with Crippen molar-refractivity contribution in [1.82, 2.24) is 14.5 Å².